The number of nitrogens with zero attached hydrogens (tertiary/aromatic N) is 1. The quantitative estimate of drug-likeness (QED) is 0.794. The monoisotopic (exact) mass is 285 g/mol. The molecule has 2 heterocycles. The van der Waals surface area contributed by atoms with Crippen molar-refractivity contribution in [1.82, 2.24) is 4.98 Å². The van der Waals surface area contributed by atoms with Gasteiger partial charge in [0, 0.05) is 30.0 Å². The molecule has 0 bridgehead atoms. The third kappa shape index (κ3) is 3.99. The van der Waals surface area contributed by atoms with E-state index in [4.69, 9.17) is 8.92 Å². The van der Waals surface area contributed by atoms with Crippen LogP contribution in [0, 0.1) is 13.8 Å². The molecule has 1 aliphatic rings. The fraction of sp³-hybridized carbons (Fsp3) is 0.615. The van der Waals surface area contributed by atoms with Crippen molar-refractivity contribution in [1.29, 1.82) is 0 Å². The summed E-state index contributed by atoms with van der Waals surface area (Å²) in [5.41, 5.74) is 2.89. The van der Waals surface area contributed by atoms with Gasteiger partial charge in [0.15, 0.2) is 0 Å². The third-order valence-electron chi connectivity index (χ3n) is 3.16. The largest absolute Gasteiger partial charge is 0.373 e. The molecule has 1 aromatic heterocycles. The molecule has 6 heteroatoms. The fourth-order valence-electron chi connectivity index (χ4n) is 2.36. The number of hydrogen-bond donors (Lipinski definition) is 0. The van der Waals surface area contributed by atoms with Crippen molar-refractivity contribution in [3.63, 3.8) is 0 Å². The van der Waals surface area contributed by atoms with Crippen LogP contribution in [0.3, 0.4) is 0 Å². The van der Waals surface area contributed by atoms with Gasteiger partial charge in [-0.3, -0.25) is 9.17 Å². The predicted molar refractivity (Wildman–Crippen MR) is 71.4 cm³/mol. The van der Waals surface area contributed by atoms with Gasteiger partial charge in [-0.25, -0.2) is 0 Å². The Morgan fingerprint density at radius 2 is 2.11 bits per heavy atom. The lowest BCUT2D eigenvalue weighted by Gasteiger charge is -2.29. The highest BCUT2D eigenvalue weighted by Gasteiger charge is 2.28. The molecule has 0 saturated carbocycles. The van der Waals surface area contributed by atoms with Gasteiger partial charge in [-0.15, -0.1) is 0 Å². The first-order valence-electron chi connectivity index (χ1n) is 6.29. The summed E-state index contributed by atoms with van der Waals surface area (Å²) in [6.07, 6.45) is 1.76. The van der Waals surface area contributed by atoms with E-state index in [0.29, 0.717) is 19.4 Å². The van der Waals surface area contributed by atoms with Crippen LogP contribution in [0.1, 0.15) is 35.9 Å². The van der Waals surface area contributed by atoms with E-state index in [9.17, 15) is 8.42 Å². The van der Waals surface area contributed by atoms with E-state index in [0.717, 1.165) is 23.2 Å². The second-order valence-electron chi connectivity index (χ2n) is 4.93. The first-order chi connectivity index (χ1) is 8.85. The molecule has 1 fully saturated rings. The number of ether oxygens (including phenoxy) is 1. The van der Waals surface area contributed by atoms with Crippen LogP contribution >= 0.6 is 0 Å². The normalized spacial score (nSPS) is 24.4. The second-order valence-corrected chi connectivity index (χ2v) is 6.53. The van der Waals surface area contributed by atoms with Crippen molar-refractivity contribution < 1.29 is 17.3 Å². The molecule has 2 rings (SSSR count). The number of pyridine rings is 1. The molecule has 0 radical (unpaired) electrons. The van der Waals surface area contributed by atoms with Gasteiger partial charge in [-0.1, -0.05) is 6.07 Å². The summed E-state index contributed by atoms with van der Waals surface area (Å²) in [5.74, 6) is 0. The van der Waals surface area contributed by atoms with Crippen molar-refractivity contribution >= 4 is 10.1 Å². The summed E-state index contributed by atoms with van der Waals surface area (Å²) < 4.78 is 33.1. The van der Waals surface area contributed by atoms with Gasteiger partial charge in [0.05, 0.1) is 18.5 Å². The smallest absolute Gasteiger partial charge is 0.264 e. The van der Waals surface area contributed by atoms with Crippen molar-refractivity contribution in [3.8, 4) is 0 Å². The van der Waals surface area contributed by atoms with Gasteiger partial charge in [-0.2, -0.15) is 8.42 Å². The maximum absolute atomic E-state index is 11.2. The molecule has 0 aliphatic carbocycles. The van der Waals surface area contributed by atoms with Crippen molar-refractivity contribution in [3.05, 3.63) is 29.1 Å². The minimum Gasteiger partial charge on any atom is -0.373 e. The average Bonchev–Trinajstić information content (AvgIpc) is 2.26. The Morgan fingerprint density at radius 1 is 1.37 bits per heavy atom. The lowest BCUT2D eigenvalue weighted by molar-refractivity contribution is -0.0346. The van der Waals surface area contributed by atoms with Gasteiger partial charge in [-0.05, 0) is 26.3 Å². The summed E-state index contributed by atoms with van der Waals surface area (Å²) >= 11 is 0. The summed E-state index contributed by atoms with van der Waals surface area (Å²) in [7, 11) is -3.42. The minimum atomic E-state index is -3.42. The molecule has 1 aliphatic heterocycles. The Labute approximate surface area is 114 Å². The molecule has 0 amide bonds. The highest BCUT2D eigenvalue weighted by Crippen LogP contribution is 2.31. The second kappa shape index (κ2) is 5.56. The van der Waals surface area contributed by atoms with E-state index in [1.54, 1.807) is 0 Å². The lowest BCUT2D eigenvalue weighted by atomic mass is 9.98. The zero-order valence-electron chi connectivity index (χ0n) is 11.4. The summed E-state index contributed by atoms with van der Waals surface area (Å²) in [5, 5.41) is 0. The maximum atomic E-state index is 11.2. The zero-order valence-corrected chi connectivity index (χ0v) is 12.2. The van der Waals surface area contributed by atoms with Crippen LogP contribution in [-0.2, 0) is 19.0 Å². The first kappa shape index (κ1) is 14.4. The van der Waals surface area contributed by atoms with Crippen LogP contribution in [0.5, 0.6) is 0 Å². The minimum absolute atomic E-state index is 0.145. The van der Waals surface area contributed by atoms with Crippen LogP contribution in [0.15, 0.2) is 12.1 Å². The van der Waals surface area contributed by atoms with E-state index < -0.39 is 10.1 Å². The van der Waals surface area contributed by atoms with Crippen LogP contribution in [0.25, 0.3) is 0 Å². The number of aryl methyl sites for hydroxylation is 2. The molecule has 5 nitrogen and oxygen atoms in total. The molecule has 2 unspecified atom stereocenters. The van der Waals surface area contributed by atoms with Crippen molar-refractivity contribution in [2.75, 3.05) is 12.9 Å². The Kier molecular flexibility index (Phi) is 4.23. The highest BCUT2D eigenvalue weighted by molar-refractivity contribution is 7.86. The van der Waals surface area contributed by atoms with Crippen LogP contribution < -0.4 is 0 Å². The van der Waals surface area contributed by atoms with Crippen LogP contribution in [-0.4, -0.2) is 32.4 Å². The lowest BCUT2D eigenvalue weighted by Crippen LogP contribution is -2.28. The topological polar surface area (TPSA) is 65.5 Å². The zero-order chi connectivity index (χ0) is 14.0. The number of aromatic nitrogens is 1. The van der Waals surface area contributed by atoms with Crippen molar-refractivity contribution in [2.24, 2.45) is 0 Å². The Balaban J connectivity index is 2.12. The molecule has 19 heavy (non-hydrogen) atoms. The summed E-state index contributed by atoms with van der Waals surface area (Å²) in [6, 6.07) is 3.93. The molecule has 106 valence electrons. The van der Waals surface area contributed by atoms with Crippen molar-refractivity contribution in [2.45, 2.75) is 38.9 Å². The van der Waals surface area contributed by atoms with Gasteiger partial charge in [0.2, 0.25) is 0 Å². The Hall–Kier alpha value is -0.980. The molecule has 1 saturated heterocycles. The molecule has 0 aromatic carbocycles. The molecule has 0 spiro atoms. The summed E-state index contributed by atoms with van der Waals surface area (Å²) in [6.45, 7) is 4.37. The summed E-state index contributed by atoms with van der Waals surface area (Å²) in [4.78, 5) is 4.41. The van der Waals surface area contributed by atoms with Gasteiger partial charge < -0.3 is 4.74 Å². The van der Waals surface area contributed by atoms with E-state index in [1.165, 1.54) is 0 Å². The average molecular weight is 285 g/mol. The highest BCUT2D eigenvalue weighted by atomic mass is 32.2. The van der Waals surface area contributed by atoms with Crippen LogP contribution in [0.4, 0.5) is 0 Å². The molecule has 2 atom stereocenters. The number of hydrogen-bond acceptors (Lipinski definition) is 5. The van der Waals surface area contributed by atoms with Gasteiger partial charge >= 0.3 is 0 Å². The van der Waals surface area contributed by atoms with Gasteiger partial charge in [0.1, 0.15) is 0 Å². The molecular formula is C13H19NO4S. The van der Waals surface area contributed by atoms with E-state index >= 15 is 0 Å². The molecule has 1 aromatic rings. The SMILES string of the molecule is Cc1ccc(C2CC(OS(C)(=O)=O)CCO2)c(C)n1. The fourth-order valence-corrected chi connectivity index (χ4v) is 3.02. The molecule has 0 N–H and O–H groups in total. The van der Waals surface area contributed by atoms with E-state index in [-0.39, 0.29) is 12.2 Å². The van der Waals surface area contributed by atoms with Crippen LogP contribution in [0.2, 0.25) is 0 Å². The standard InChI is InChI=1S/C13H19NO4S/c1-9-4-5-12(10(2)14-9)13-8-11(6-7-17-13)18-19(3,15)16/h4-5,11,13H,6-8H2,1-3H3. The number of rotatable bonds is 3. The third-order valence-corrected chi connectivity index (χ3v) is 3.78. The predicted octanol–water partition coefficient (Wildman–Crippen LogP) is 1.89. The first-order valence-corrected chi connectivity index (χ1v) is 8.11. The van der Waals surface area contributed by atoms with Gasteiger partial charge in [0.25, 0.3) is 10.1 Å². The molecular weight excluding hydrogens is 266 g/mol. The van der Waals surface area contributed by atoms with E-state index in [1.807, 2.05) is 26.0 Å². The Morgan fingerprint density at radius 3 is 2.74 bits per heavy atom. The van der Waals surface area contributed by atoms with E-state index in [2.05, 4.69) is 4.98 Å². The maximum Gasteiger partial charge on any atom is 0.264 e. The Bertz CT molecular complexity index is 556.